The highest BCUT2D eigenvalue weighted by Gasteiger charge is 1.97. The zero-order valence-electron chi connectivity index (χ0n) is 6.88. The molecule has 5 heteroatoms. The first kappa shape index (κ1) is 9.54. The van der Waals surface area contributed by atoms with Crippen LogP contribution in [0, 0.1) is 0 Å². The lowest BCUT2D eigenvalue weighted by Gasteiger charge is -2.01. The van der Waals surface area contributed by atoms with Crippen molar-refractivity contribution in [3.8, 4) is 0 Å². The van der Waals surface area contributed by atoms with E-state index in [-0.39, 0.29) is 13.2 Å². The number of nitrogens with zero attached hydrogens (tertiary/aromatic N) is 3. The Morgan fingerprint density at radius 3 is 2.08 bits per heavy atom. The molecule has 1 aromatic carbocycles. The first-order valence-corrected chi connectivity index (χ1v) is 3.70. The first-order chi connectivity index (χ1) is 6.30. The molecule has 0 bridgehead atoms. The van der Waals surface area contributed by atoms with E-state index in [1.165, 1.54) is 0 Å². The molecule has 5 nitrogen and oxygen atoms in total. The lowest BCUT2D eigenvalue weighted by molar-refractivity contribution is 0.275. The van der Waals surface area contributed by atoms with Crippen molar-refractivity contribution in [2.75, 3.05) is 0 Å². The zero-order chi connectivity index (χ0) is 9.68. The number of hydrogen-bond acceptors (Lipinski definition) is 3. The quantitative estimate of drug-likeness (QED) is 0.419. The zero-order valence-corrected chi connectivity index (χ0v) is 6.88. The fraction of sp³-hybridized carbons (Fsp3) is 0.250. The Bertz CT molecular complexity index is 323. The average molecular weight is 179 g/mol. The van der Waals surface area contributed by atoms with Gasteiger partial charge in [0.2, 0.25) is 0 Å². The average Bonchev–Trinajstić information content (AvgIpc) is 2.17. The standard InChI is InChI=1S/C8H9N3O2/c9-11-10-8-2-6(4-12)1-7(3-8)5-13/h1-3,12-13H,4-5H2. The van der Waals surface area contributed by atoms with Crippen LogP contribution >= 0.6 is 0 Å². The summed E-state index contributed by atoms with van der Waals surface area (Å²) in [6, 6.07) is 4.79. The predicted molar refractivity (Wildman–Crippen MR) is 47.1 cm³/mol. The van der Waals surface area contributed by atoms with Gasteiger partial charge in [-0.1, -0.05) is 11.2 Å². The predicted octanol–water partition coefficient (Wildman–Crippen LogP) is 1.61. The fourth-order valence-corrected chi connectivity index (χ4v) is 1.03. The van der Waals surface area contributed by atoms with Crippen LogP contribution in [0.15, 0.2) is 23.3 Å². The van der Waals surface area contributed by atoms with Crippen LogP contribution in [0.1, 0.15) is 11.1 Å². The molecule has 0 atom stereocenters. The number of aliphatic hydroxyl groups is 2. The molecule has 68 valence electrons. The van der Waals surface area contributed by atoms with E-state index < -0.39 is 0 Å². The van der Waals surface area contributed by atoms with E-state index in [2.05, 4.69) is 10.0 Å². The van der Waals surface area contributed by atoms with Gasteiger partial charge in [0.25, 0.3) is 0 Å². The Kier molecular flexibility index (Phi) is 3.28. The molecule has 1 aromatic rings. The van der Waals surface area contributed by atoms with E-state index in [1.807, 2.05) is 0 Å². The minimum Gasteiger partial charge on any atom is -0.392 e. The van der Waals surface area contributed by atoms with Gasteiger partial charge in [0.15, 0.2) is 0 Å². The van der Waals surface area contributed by atoms with Crippen molar-refractivity contribution in [3.05, 3.63) is 39.8 Å². The van der Waals surface area contributed by atoms with Gasteiger partial charge in [0, 0.05) is 10.6 Å². The lowest BCUT2D eigenvalue weighted by Crippen LogP contribution is -1.87. The van der Waals surface area contributed by atoms with E-state index >= 15 is 0 Å². The molecule has 2 N–H and O–H groups in total. The van der Waals surface area contributed by atoms with E-state index in [0.717, 1.165) is 0 Å². The van der Waals surface area contributed by atoms with Crippen molar-refractivity contribution >= 4 is 5.69 Å². The third-order valence-corrected chi connectivity index (χ3v) is 1.56. The van der Waals surface area contributed by atoms with E-state index in [9.17, 15) is 0 Å². The first-order valence-electron chi connectivity index (χ1n) is 3.70. The van der Waals surface area contributed by atoms with Crippen molar-refractivity contribution < 1.29 is 10.2 Å². The highest BCUT2D eigenvalue weighted by molar-refractivity contribution is 5.43. The van der Waals surface area contributed by atoms with E-state index in [4.69, 9.17) is 15.7 Å². The Labute approximate surface area is 74.9 Å². The van der Waals surface area contributed by atoms with Gasteiger partial charge in [-0.25, -0.2) is 0 Å². The molecule has 0 amide bonds. The molecule has 0 saturated carbocycles. The van der Waals surface area contributed by atoms with Crippen molar-refractivity contribution in [3.63, 3.8) is 0 Å². The third-order valence-electron chi connectivity index (χ3n) is 1.56. The third kappa shape index (κ3) is 2.45. The molecule has 0 aliphatic rings. The Morgan fingerprint density at radius 1 is 1.15 bits per heavy atom. The number of aliphatic hydroxyl groups excluding tert-OH is 2. The van der Waals surface area contributed by atoms with Crippen molar-refractivity contribution in [2.24, 2.45) is 5.11 Å². The molecule has 0 heterocycles. The van der Waals surface area contributed by atoms with E-state index in [0.29, 0.717) is 16.8 Å². The van der Waals surface area contributed by atoms with E-state index in [1.54, 1.807) is 18.2 Å². The second-order valence-electron chi connectivity index (χ2n) is 2.51. The second-order valence-corrected chi connectivity index (χ2v) is 2.51. The minimum atomic E-state index is -0.137. The summed E-state index contributed by atoms with van der Waals surface area (Å²) in [5, 5.41) is 21.0. The SMILES string of the molecule is [N-]=[N+]=Nc1cc(CO)cc(CO)c1. The van der Waals surface area contributed by atoms with Gasteiger partial charge >= 0.3 is 0 Å². The van der Waals surface area contributed by atoms with Crippen LogP contribution in [-0.4, -0.2) is 10.2 Å². The normalized spacial score (nSPS) is 9.38. The number of azide groups is 1. The largest absolute Gasteiger partial charge is 0.392 e. The fourth-order valence-electron chi connectivity index (χ4n) is 1.03. The number of benzene rings is 1. The van der Waals surface area contributed by atoms with Gasteiger partial charge in [0.1, 0.15) is 0 Å². The van der Waals surface area contributed by atoms with Gasteiger partial charge in [-0.15, -0.1) is 0 Å². The second kappa shape index (κ2) is 4.47. The van der Waals surface area contributed by atoms with Crippen LogP contribution in [0.25, 0.3) is 10.4 Å². The van der Waals surface area contributed by atoms with Gasteiger partial charge < -0.3 is 10.2 Å². The van der Waals surface area contributed by atoms with Crippen LogP contribution < -0.4 is 0 Å². The number of hydrogen-bond donors (Lipinski definition) is 2. The summed E-state index contributed by atoms with van der Waals surface area (Å²) in [5.74, 6) is 0. The summed E-state index contributed by atoms with van der Waals surface area (Å²) in [5.41, 5.74) is 9.82. The molecule has 0 spiro atoms. The van der Waals surface area contributed by atoms with Crippen LogP contribution in [0.2, 0.25) is 0 Å². The monoisotopic (exact) mass is 179 g/mol. The van der Waals surface area contributed by atoms with Crippen LogP contribution in [0.3, 0.4) is 0 Å². The topological polar surface area (TPSA) is 89.2 Å². The van der Waals surface area contributed by atoms with Crippen molar-refractivity contribution in [1.82, 2.24) is 0 Å². The smallest absolute Gasteiger partial charge is 0.0682 e. The van der Waals surface area contributed by atoms with Gasteiger partial charge in [-0.2, -0.15) is 0 Å². The minimum absolute atomic E-state index is 0.137. The molecule has 0 aliphatic carbocycles. The molecule has 13 heavy (non-hydrogen) atoms. The molecular formula is C8H9N3O2. The summed E-state index contributed by atoms with van der Waals surface area (Å²) in [7, 11) is 0. The van der Waals surface area contributed by atoms with Crippen LogP contribution in [0.4, 0.5) is 5.69 Å². The number of rotatable bonds is 3. The molecule has 0 radical (unpaired) electrons. The van der Waals surface area contributed by atoms with Gasteiger partial charge in [-0.3, -0.25) is 0 Å². The van der Waals surface area contributed by atoms with Crippen LogP contribution in [-0.2, 0) is 13.2 Å². The summed E-state index contributed by atoms with van der Waals surface area (Å²) >= 11 is 0. The maximum Gasteiger partial charge on any atom is 0.0682 e. The molecular weight excluding hydrogens is 170 g/mol. The molecule has 1 rings (SSSR count). The Morgan fingerprint density at radius 2 is 1.69 bits per heavy atom. The van der Waals surface area contributed by atoms with Crippen molar-refractivity contribution in [2.45, 2.75) is 13.2 Å². The molecule has 0 unspecified atom stereocenters. The summed E-state index contributed by atoms with van der Waals surface area (Å²) in [4.78, 5) is 2.62. The molecule has 0 saturated heterocycles. The lowest BCUT2D eigenvalue weighted by atomic mass is 10.1. The highest BCUT2D eigenvalue weighted by Crippen LogP contribution is 2.18. The summed E-state index contributed by atoms with van der Waals surface area (Å²) in [6.45, 7) is -0.274. The summed E-state index contributed by atoms with van der Waals surface area (Å²) < 4.78 is 0. The molecule has 0 aliphatic heterocycles. The molecule has 0 fully saturated rings. The van der Waals surface area contributed by atoms with Gasteiger partial charge in [0.05, 0.1) is 13.2 Å². The highest BCUT2D eigenvalue weighted by atomic mass is 16.3. The summed E-state index contributed by atoms with van der Waals surface area (Å²) in [6.07, 6.45) is 0. The maximum atomic E-state index is 8.83. The maximum absolute atomic E-state index is 8.83. The van der Waals surface area contributed by atoms with Crippen molar-refractivity contribution in [1.29, 1.82) is 0 Å². The molecule has 0 aromatic heterocycles. The Balaban J connectivity index is 3.14. The van der Waals surface area contributed by atoms with Crippen LogP contribution in [0.5, 0.6) is 0 Å². The Hall–Kier alpha value is -1.55. The van der Waals surface area contributed by atoms with Gasteiger partial charge in [-0.05, 0) is 28.8 Å².